The molecule has 0 radical (unpaired) electrons. The lowest BCUT2D eigenvalue weighted by molar-refractivity contribution is 0.0717. The van der Waals surface area contributed by atoms with E-state index in [1.807, 2.05) is 54.6 Å². The zero-order valence-corrected chi connectivity index (χ0v) is 14.6. The Bertz CT molecular complexity index is 979. The number of aromatic nitrogens is 3. The fourth-order valence-electron chi connectivity index (χ4n) is 2.87. The zero-order valence-electron chi connectivity index (χ0n) is 14.6. The van der Waals surface area contributed by atoms with Gasteiger partial charge in [0.2, 0.25) is 0 Å². The van der Waals surface area contributed by atoms with Gasteiger partial charge in [0.15, 0.2) is 0 Å². The van der Waals surface area contributed by atoms with E-state index in [-0.39, 0.29) is 5.91 Å². The minimum Gasteiger partial charge on any atom is -0.467 e. The molecule has 0 saturated heterocycles. The maximum Gasteiger partial charge on any atom is 0.254 e. The number of benzene rings is 2. The Hall–Kier alpha value is -3.67. The number of hydrogen-bond acceptors (Lipinski definition) is 4. The smallest absolute Gasteiger partial charge is 0.254 e. The monoisotopic (exact) mass is 358 g/mol. The van der Waals surface area contributed by atoms with Crippen LogP contribution in [0, 0.1) is 0 Å². The molecule has 0 aliphatic rings. The maximum absolute atomic E-state index is 13.1. The summed E-state index contributed by atoms with van der Waals surface area (Å²) >= 11 is 0. The SMILES string of the molecule is O=C(c1ccc(-n2cncn2)cc1)N(Cc1ccccc1)Cc1ccco1. The first-order valence-corrected chi connectivity index (χ1v) is 8.60. The van der Waals surface area contributed by atoms with Crippen LogP contribution in [-0.4, -0.2) is 25.6 Å². The van der Waals surface area contributed by atoms with E-state index < -0.39 is 0 Å². The minimum atomic E-state index is -0.0552. The van der Waals surface area contributed by atoms with Crippen LogP contribution in [0.4, 0.5) is 0 Å². The lowest BCUT2D eigenvalue weighted by Crippen LogP contribution is -2.30. The third-order valence-electron chi connectivity index (χ3n) is 4.23. The molecule has 134 valence electrons. The van der Waals surface area contributed by atoms with Crippen LogP contribution in [0.25, 0.3) is 5.69 Å². The van der Waals surface area contributed by atoms with Crippen LogP contribution < -0.4 is 0 Å². The van der Waals surface area contributed by atoms with Gasteiger partial charge in [0, 0.05) is 12.1 Å². The van der Waals surface area contributed by atoms with Crippen LogP contribution >= 0.6 is 0 Å². The fourth-order valence-corrected chi connectivity index (χ4v) is 2.87. The first-order valence-electron chi connectivity index (χ1n) is 8.60. The normalized spacial score (nSPS) is 10.7. The van der Waals surface area contributed by atoms with Crippen molar-refractivity contribution in [1.82, 2.24) is 19.7 Å². The molecule has 0 bridgehead atoms. The highest BCUT2D eigenvalue weighted by Gasteiger charge is 2.18. The van der Waals surface area contributed by atoms with Crippen molar-refractivity contribution in [3.8, 4) is 5.69 Å². The van der Waals surface area contributed by atoms with Crippen LogP contribution in [0.5, 0.6) is 0 Å². The zero-order chi connectivity index (χ0) is 18.5. The Morgan fingerprint density at radius 2 is 1.78 bits per heavy atom. The highest BCUT2D eigenvalue weighted by Crippen LogP contribution is 2.16. The number of nitrogens with zero attached hydrogens (tertiary/aromatic N) is 4. The summed E-state index contributed by atoms with van der Waals surface area (Å²) in [5.74, 6) is 0.693. The molecular formula is C21H18N4O2. The number of rotatable bonds is 6. The van der Waals surface area contributed by atoms with E-state index in [0.29, 0.717) is 18.7 Å². The van der Waals surface area contributed by atoms with Gasteiger partial charge in [-0.1, -0.05) is 30.3 Å². The van der Waals surface area contributed by atoms with Gasteiger partial charge in [0.1, 0.15) is 18.4 Å². The molecule has 0 saturated carbocycles. The molecule has 27 heavy (non-hydrogen) atoms. The molecule has 2 aromatic carbocycles. The van der Waals surface area contributed by atoms with Gasteiger partial charge in [-0.15, -0.1) is 0 Å². The van der Waals surface area contributed by atoms with Crippen LogP contribution in [0.1, 0.15) is 21.7 Å². The lowest BCUT2D eigenvalue weighted by Gasteiger charge is -2.22. The summed E-state index contributed by atoms with van der Waals surface area (Å²) in [4.78, 5) is 18.8. The minimum absolute atomic E-state index is 0.0552. The van der Waals surface area contributed by atoms with Gasteiger partial charge in [-0.25, -0.2) is 9.67 Å². The average Bonchev–Trinajstić information content (AvgIpc) is 3.42. The van der Waals surface area contributed by atoms with E-state index in [4.69, 9.17) is 4.42 Å². The Labute approximate surface area is 156 Å². The van der Waals surface area contributed by atoms with E-state index in [1.54, 1.807) is 34.3 Å². The van der Waals surface area contributed by atoms with Crippen LogP contribution in [0.3, 0.4) is 0 Å². The van der Waals surface area contributed by atoms with Gasteiger partial charge in [-0.05, 0) is 42.0 Å². The van der Waals surface area contributed by atoms with Crippen molar-refractivity contribution < 1.29 is 9.21 Å². The topological polar surface area (TPSA) is 64.2 Å². The van der Waals surface area contributed by atoms with Crippen LogP contribution in [0.15, 0.2) is 90.1 Å². The summed E-state index contributed by atoms with van der Waals surface area (Å²) in [6, 6.07) is 20.9. The van der Waals surface area contributed by atoms with Gasteiger partial charge in [-0.2, -0.15) is 5.10 Å². The van der Waals surface area contributed by atoms with Gasteiger partial charge < -0.3 is 9.32 Å². The molecule has 0 aliphatic heterocycles. The highest BCUT2D eigenvalue weighted by atomic mass is 16.3. The van der Waals surface area contributed by atoms with Crippen molar-refractivity contribution in [2.75, 3.05) is 0 Å². The molecule has 0 atom stereocenters. The van der Waals surface area contributed by atoms with Crippen molar-refractivity contribution in [2.45, 2.75) is 13.1 Å². The lowest BCUT2D eigenvalue weighted by atomic mass is 10.1. The van der Waals surface area contributed by atoms with Crippen molar-refractivity contribution in [2.24, 2.45) is 0 Å². The molecule has 6 heteroatoms. The molecule has 2 aromatic heterocycles. The molecule has 0 unspecified atom stereocenters. The van der Waals surface area contributed by atoms with Crippen molar-refractivity contribution in [1.29, 1.82) is 0 Å². The molecular weight excluding hydrogens is 340 g/mol. The van der Waals surface area contributed by atoms with E-state index in [9.17, 15) is 4.79 Å². The summed E-state index contributed by atoms with van der Waals surface area (Å²) in [7, 11) is 0. The summed E-state index contributed by atoms with van der Waals surface area (Å²) in [5.41, 5.74) is 2.53. The summed E-state index contributed by atoms with van der Waals surface area (Å²) in [5, 5.41) is 4.10. The Morgan fingerprint density at radius 3 is 2.44 bits per heavy atom. The van der Waals surface area contributed by atoms with Gasteiger partial charge in [-0.3, -0.25) is 4.79 Å². The van der Waals surface area contributed by atoms with E-state index in [1.165, 1.54) is 6.33 Å². The van der Waals surface area contributed by atoms with Crippen molar-refractivity contribution >= 4 is 5.91 Å². The third kappa shape index (κ3) is 3.95. The fraction of sp³-hybridized carbons (Fsp3) is 0.0952. The number of amides is 1. The maximum atomic E-state index is 13.1. The Balaban J connectivity index is 1.57. The summed E-state index contributed by atoms with van der Waals surface area (Å²) in [6.07, 6.45) is 4.72. The highest BCUT2D eigenvalue weighted by molar-refractivity contribution is 5.94. The molecule has 1 amide bonds. The molecule has 4 rings (SSSR count). The number of carbonyl (C=O) groups excluding carboxylic acids is 1. The second-order valence-corrected chi connectivity index (χ2v) is 6.11. The van der Waals surface area contributed by atoms with Crippen molar-refractivity contribution in [3.63, 3.8) is 0 Å². The molecule has 0 N–H and O–H groups in total. The van der Waals surface area contributed by atoms with E-state index in [0.717, 1.165) is 17.0 Å². The first-order chi connectivity index (χ1) is 13.3. The van der Waals surface area contributed by atoms with Crippen molar-refractivity contribution in [3.05, 3.63) is 103 Å². The van der Waals surface area contributed by atoms with Crippen LogP contribution in [-0.2, 0) is 13.1 Å². The average molecular weight is 358 g/mol. The summed E-state index contributed by atoms with van der Waals surface area (Å²) in [6.45, 7) is 0.913. The Morgan fingerprint density at radius 1 is 0.963 bits per heavy atom. The molecule has 0 fully saturated rings. The van der Waals surface area contributed by atoms with E-state index >= 15 is 0 Å². The van der Waals surface area contributed by atoms with Crippen LogP contribution in [0.2, 0.25) is 0 Å². The third-order valence-corrected chi connectivity index (χ3v) is 4.23. The van der Waals surface area contributed by atoms with Gasteiger partial charge in [0.25, 0.3) is 5.91 Å². The molecule has 0 aliphatic carbocycles. The molecule has 2 heterocycles. The second kappa shape index (κ2) is 7.70. The number of carbonyl (C=O) groups is 1. The molecule has 6 nitrogen and oxygen atoms in total. The quantitative estimate of drug-likeness (QED) is 0.527. The molecule has 4 aromatic rings. The number of furan rings is 1. The second-order valence-electron chi connectivity index (χ2n) is 6.11. The summed E-state index contributed by atoms with van der Waals surface area (Å²) < 4.78 is 7.10. The van der Waals surface area contributed by atoms with Gasteiger partial charge in [0.05, 0.1) is 18.5 Å². The predicted molar refractivity (Wildman–Crippen MR) is 100 cm³/mol. The molecule has 0 spiro atoms. The predicted octanol–water partition coefficient (Wildman–Crippen LogP) is 3.70. The largest absolute Gasteiger partial charge is 0.467 e. The standard InChI is InChI=1S/C21H18N4O2/c26-21(18-8-10-19(11-9-18)25-16-22-15-23-25)24(14-20-7-4-12-27-20)13-17-5-2-1-3-6-17/h1-12,15-16H,13-14H2. The Kier molecular flexibility index (Phi) is 4.78. The van der Waals surface area contributed by atoms with Gasteiger partial charge >= 0.3 is 0 Å². The number of hydrogen-bond donors (Lipinski definition) is 0. The van der Waals surface area contributed by atoms with E-state index in [2.05, 4.69) is 10.1 Å². The first kappa shape index (κ1) is 16.8.